The van der Waals surface area contributed by atoms with Crippen molar-refractivity contribution >= 4 is 5.97 Å². The summed E-state index contributed by atoms with van der Waals surface area (Å²) in [4.78, 5) is 10.2. The van der Waals surface area contributed by atoms with Crippen molar-refractivity contribution in [3.8, 4) is 0 Å². The standard InChI is InChI=1S/C10H8F5NO2/c11-6-5(3(16)1-2-4(17)18)7(12)9(14)10(15)8(6)13/h3H,1-2,16H2,(H,17,18). The smallest absolute Gasteiger partial charge is 0.303 e. The van der Waals surface area contributed by atoms with Gasteiger partial charge in [0.05, 0.1) is 0 Å². The molecule has 1 aromatic rings. The first-order valence-electron chi connectivity index (χ1n) is 4.76. The molecule has 0 aliphatic carbocycles. The predicted molar refractivity (Wildman–Crippen MR) is 50.0 cm³/mol. The van der Waals surface area contributed by atoms with E-state index in [0.717, 1.165) is 0 Å². The molecule has 1 atom stereocenters. The van der Waals surface area contributed by atoms with Crippen LogP contribution in [0, 0.1) is 29.1 Å². The van der Waals surface area contributed by atoms with Gasteiger partial charge in [0.1, 0.15) is 0 Å². The van der Waals surface area contributed by atoms with Crippen LogP contribution in [0.5, 0.6) is 0 Å². The van der Waals surface area contributed by atoms with Crippen molar-refractivity contribution in [3.05, 3.63) is 34.6 Å². The SMILES string of the molecule is NC(CCC(=O)O)c1c(F)c(F)c(F)c(F)c1F. The first-order chi connectivity index (χ1) is 8.27. The Kier molecular flexibility index (Phi) is 4.23. The van der Waals surface area contributed by atoms with E-state index in [-0.39, 0.29) is 0 Å². The molecule has 100 valence electrons. The Labute approximate surface area is 98.0 Å². The van der Waals surface area contributed by atoms with Gasteiger partial charge in [0, 0.05) is 18.0 Å². The number of halogens is 5. The summed E-state index contributed by atoms with van der Waals surface area (Å²) in [7, 11) is 0. The van der Waals surface area contributed by atoms with Gasteiger partial charge in [-0.25, -0.2) is 22.0 Å². The minimum absolute atomic E-state index is 0.451. The molecule has 0 aromatic heterocycles. The van der Waals surface area contributed by atoms with Crippen LogP contribution in [0.3, 0.4) is 0 Å². The van der Waals surface area contributed by atoms with Crippen molar-refractivity contribution in [1.82, 2.24) is 0 Å². The Hall–Kier alpha value is -1.70. The number of aliphatic carboxylic acids is 1. The summed E-state index contributed by atoms with van der Waals surface area (Å²) in [5, 5.41) is 8.35. The number of carbonyl (C=O) groups is 1. The molecule has 1 rings (SSSR count). The Morgan fingerprint density at radius 1 is 1.00 bits per heavy atom. The van der Waals surface area contributed by atoms with E-state index < -0.39 is 59.5 Å². The number of rotatable bonds is 4. The van der Waals surface area contributed by atoms with Crippen LogP contribution in [0.15, 0.2) is 0 Å². The van der Waals surface area contributed by atoms with Crippen molar-refractivity contribution in [2.24, 2.45) is 5.73 Å². The summed E-state index contributed by atoms with van der Waals surface area (Å²) in [6, 6.07) is -1.59. The first-order valence-corrected chi connectivity index (χ1v) is 4.76. The van der Waals surface area contributed by atoms with E-state index in [1.807, 2.05) is 0 Å². The van der Waals surface area contributed by atoms with E-state index in [2.05, 4.69) is 0 Å². The van der Waals surface area contributed by atoms with Gasteiger partial charge in [0.15, 0.2) is 23.3 Å². The topological polar surface area (TPSA) is 63.3 Å². The number of hydrogen-bond donors (Lipinski definition) is 2. The van der Waals surface area contributed by atoms with E-state index in [9.17, 15) is 26.7 Å². The number of carboxylic acids is 1. The predicted octanol–water partition coefficient (Wildman–Crippen LogP) is 2.25. The monoisotopic (exact) mass is 269 g/mol. The second kappa shape index (κ2) is 5.30. The van der Waals surface area contributed by atoms with Crippen molar-refractivity contribution in [2.75, 3.05) is 0 Å². The summed E-state index contributed by atoms with van der Waals surface area (Å²) in [5.74, 6) is -11.9. The Balaban J connectivity index is 3.20. The van der Waals surface area contributed by atoms with E-state index in [4.69, 9.17) is 10.8 Å². The molecule has 0 saturated carbocycles. The Morgan fingerprint density at radius 2 is 1.39 bits per heavy atom. The second-order valence-corrected chi connectivity index (χ2v) is 3.52. The van der Waals surface area contributed by atoms with Crippen molar-refractivity contribution in [2.45, 2.75) is 18.9 Å². The molecule has 0 aliphatic heterocycles. The van der Waals surface area contributed by atoms with Crippen LogP contribution in [0.25, 0.3) is 0 Å². The summed E-state index contributed by atoms with van der Waals surface area (Å²) in [5.41, 5.74) is 4.03. The number of benzene rings is 1. The van der Waals surface area contributed by atoms with Gasteiger partial charge in [-0.2, -0.15) is 0 Å². The third-order valence-electron chi connectivity index (χ3n) is 2.28. The van der Waals surface area contributed by atoms with Crippen LogP contribution in [-0.4, -0.2) is 11.1 Å². The zero-order valence-electron chi connectivity index (χ0n) is 8.81. The largest absolute Gasteiger partial charge is 0.481 e. The molecule has 0 radical (unpaired) electrons. The Bertz CT molecular complexity index is 463. The van der Waals surface area contributed by atoms with Gasteiger partial charge < -0.3 is 10.8 Å². The lowest BCUT2D eigenvalue weighted by Crippen LogP contribution is -2.19. The second-order valence-electron chi connectivity index (χ2n) is 3.52. The maximum atomic E-state index is 13.2. The first kappa shape index (κ1) is 14.4. The molecule has 0 spiro atoms. The number of carboxylic acid groups (broad SMARTS) is 1. The lowest BCUT2D eigenvalue weighted by molar-refractivity contribution is -0.137. The third-order valence-corrected chi connectivity index (χ3v) is 2.28. The molecule has 8 heteroatoms. The van der Waals surface area contributed by atoms with Crippen molar-refractivity contribution < 1.29 is 31.9 Å². The van der Waals surface area contributed by atoms with Gasteiger partial charge in [0.2, 0.25) is 5.82 Å². The highest BCUT2D eigenvalue weighted by Crippen LogP contribution is 2.28. The van der Waals surface area contributed by atoms with Gasteiger partial charge in [-0.1, -0.05) is 0 Å². The normalized spacial score (nSPS) is 12.6. The minimum atomic E-state index is -2.28. The maximum absolute atomic E-state index is 13.2. The molecule has 0 saturated heterocycles. The molecule has 3 N–H and O–H groups in total. The molecule has 0 fully saturated rings. The lowest BCUT2D eigenvalue weighted by atomic mass is 10.0. The highest BCUT2D eigenvalue weighted by Gasteiger charge is 2.28. The average molecular weight is 269 g/mol. The van der Waals surface area contributed by atoms with Gasteiger partial charge in [-0.3, -0.25) is 4.79 Å². The van der Waals surface area contributed by atoms with Crippen molar-refractivity contribution in [1.29, 1.82) is 0 Å². The highest BCUT2D eigenvalue weighted by molar-refractivity contribution is 5.66. The minimum Gasteiger partial charge on any atom is -0.481 e. The van der Waals surface area contributed by atoms with E-state index in [1.165, 1.54) is 0 Å². The fourth-order valence-corrected chi connectivity index (χ4v) is 1.37. The molecule has 1 unspecified atom stereocenters. The highest BCUT2D eigenvalue weighted by atomic mass is 19.2. The van der Waals surface area contributed by atoms with E-state index in [1.54, 1.807) is 0 Å². The van der Waals surface area contributed by atoms with Gasteiger partial charge >= 0.3 is 5.97 Å². The molecule has 18 heavy (non-hydrogen) atoms. The van der Waals surface area contributed by atoms with Gasteiger partial charge in [-0.15, -0.1) is 0 Å². The number of nitrogens with two attached hydrogens (primary N) is 1. The molecule has 0 amide bonds. The fourth-order valence-electron chi connectivity index (χ4n) is 1.37. The van der Waals surface area contributed by atoms with Crippen LogP contribution >= 0.6 is 0 Å². The molecule has 3 nitrogen and oxygen atoms in total. The summed E-state index contributed by atoms with van der Waals surface area (Å²) >= 11 is 0. The number of hydrogen-bond acceptors (Lipinski definition) is 2. The molecule has 0 bridgehead atoms. The molecule has 0 aliphatic rings. The van der Waals surface area contributed by atoms with Crippen LogP contribution in [0.4, 0.5) is 22.0 Å². The van der Waals surface area contributed by atoms with Crippen LogP contribution in [0.2, 0.25) is 0 Å². The van der Waals surface area contributed by atoms with Gasteiger partial charge in [0.25, 0.3) is 0 Å². The Morgan fingerprint density at radius 3 is 1.78 bits per heavy atom. The quantitative estimate of drug-likeness (QED) is 0.500. The molecular formula is C10H8F5NO2. The van der Waals surface area contributed by atoms with Crippen LogP contribution in [-0.2, 0) is 4.79 Å². The maximum Gasteiger partial charge on any atom is 0.303 e. The van der Waals surface area contributed by atoms with Crippen LogP contribution in [0.1, 0.15) is 24.4 Å². The van der Waals surface area contributed by atoms with Gasteiger partial charge in [-0.05, 0) is 6.42 Å². The van der Waals surface area contributed by atoms with E-state index in [0.29, 0.717) is 0 Å². The van der Waals surface area contributed by atoms with Crippen molar-refractivity contribution in [3.63, 3.8) is 0 Å². The van der Waals surface area contributed by atoms with E-state index >= 15 is 0 Å². The lowest BCUT2D eigenvalue weighted by Gasteiger charge is -2.14. The van der Waals surface area contributed by atoms with Crippen LogP contribution < -0.4 is 5.73 Å². The molecule has 1 aromatic carbocycles. The molecular weight excluding hydrogens is 261 g/mol. The zero-order chi connectivity index (χ0) is 14.0. The molecule has 0 heterocycles. The third kappa shape index (κ3) is 2.58. The fraction of sp³-hybridized carbons (Fsp3) is 0.300. The zero-order valence-corrected chi connectivity index (χ0v) is 8.81. The summed E-state index contributed by atoms with van der Waals surface area (Å²) in [6.45, 7) is 0. The summed E-state index contributed by atoms with van der Waals surface area (Å²) < 4.78 is 64.8. The average Bonchev–Trinajstić information content (AvgIpc) is 2.31. The summed E-state index contributed by atoms with van der Waals surface area (Å²) in [6.07, 6.45) is -1.01.